The van der Waals surface area contributed by atoms with Gasteiger partial charge in [0.2, 0.25) is 10.0 Å². The van der Waals surface area contributed by atoms with Crippen LogP contribution >= 0.6 is 0 Å². The fourth-order valence-corrected chi connectivity index (χ4v) is 3.33. The van der Waals surface area contributed by atoms with Crippen LogP contribution in [0.15, 0.2) is 29.2 Å². The summed E-state index contributed by atoms with van der Waals surface area (Å²) in [4.78, 5) is 0.129. The third kappa shape index (κ3) is 5.84. The Hall–Kier alpha value is -1.42. The van der Waals surface area contributed by atoms with Gasteiger partial charge in [-0.25, -0.2) is 13.1 Å². The molecule has 0 amide bonds. The molecular formula is C15H22N2O3S. The molecule has 0 saturated heterocycles. The van der Waals surface area contributed by atoms with Gasteiger partial charge in [0.05, 0.1) is 23.0 Å². The molecule has 0 aliphatic carbocycles. The van der Waals surface area contributed by atoms with E-state index in [1.807, 2.05) is 19.9 Å². The lowest BCUT2D eigenvalue weighted by Crippen LogP contribution is -2.41. The number of rotatable bonds is 7. The molecule has 1 rings (SSSR count). The highest BCUT2D eigenvalue weighted by Gasteiger charge is 2.25. The Morgan fingerprint density at radius 1 is 1.33 bits per heavy atom. The first-order chi connectivity index (χ1) is 9.66. The monoisotopic (exact) mass is 310 g/mol. The van der Waals surface area contributed by atoms with E-state index >= 15 is 0 Å². The second-order valence-corrected chi connectivity index (χ2v) is 7.67. The Labute approximate surface area is 126 Å². The molecule has 6 heteroatoms. The molecule has 0 bridgehead atoms. The zero-order valence-electron chi connectivity index (χ0n) is 12.6. The van der Waals surface area contributed by atoms with Crippen LogP contribution in [0, 0.1) is 17.2 Å². The molecule has 0 heterocycles. The number of benzene rings is 1. The summed E-state index contributed by atoms with van der Waals surface area (Å²) in [6, 6.07) is 8.17. The summed E-state index contributed by atoms with van der Waals surface area (Å²) >= 11 is 0. The lowest BCUT2D eigenvalue weighted by Gasteiger charge is -2.25. The minimum absolute atomic E-state index is 0.0343. The zero-order valence-corrected chi connectivity index (χ0v) is 13.4. The topological polar surface area (TPSA) is 90.2 Å². The molecular weight excluding hydrogens is 288 g/mol. The summed E-state index contributed by atoms with van der Waals surface area (Å²) in [5, 5.41) is 18.7. The van der Waals surface area contributed by atoms with Crippen molar-refractivity contribution >= 4 is 10.0 Å². The van der Waals surface area contributed by atoms with E-state index in [-0.39, 0.29) is 23.8 Å². The molecule has 0 fully saturated rings. The SMILES string of the molecule is CC(C)CC(C)(O)CNS(=O)(=O)c1ccc(CC#N)cc1. The fourth-order valence-electron chi connectivity index (χ4n) is 2.16. The van der Waals surface area contributed by atoms with Gasteiger partial charge in [-0.3, -0.25) is 0 Å². The van der Waals surface area contributed by atoms with E-state index in [1.54, 1.807) is 19.1 Å². The second kappa shape index (κ2) is 7.03. The van der Waals surface area contributed by atoms with E-state index in [9.17, 15) is 13.5 Å². The molecule has 1 atom stereocenters. The summed E-state index contributed by atoms with van der Waals surface area (Å²) < 4.78 is 26.7. The van der Waals surface area contributed by atoms with Crippen molar-refractivity contribution < 1.29 is 13.5 Å². The Bertz CT molecular complexity index is 599. The van der Waals surface area contributed by atoms with Gasteiger partial charge in [-0.05, 0) is 37.0 Å². The highest BCUT2D eigenvalue weighted by atomic mass is 32.2. The van der Waals surface area contributed by atoms with Gasteiger partial charge in [0.15, 0.2) is 0 Å². The zero-order chi connectivity index (χ0) is 16.1. The molecule has 2 N–H and O–H groups in total. The van der Waals surface area contributed by atoms with Crippen molar-refractivity contribution in [3.63, 3.8) is 0 Å². The average molecular weight is 310 g/mol. The Balaban J connectivity index is 2.76. The van der Waals surface area contributed by atoms with E-state index in [2.05, 4.69) is 4.72 Å². The summed E-state index contributed by atoms with van der Waals surface area (Å²) in [5.41, 5.74) is -0.314. The third-order valence-corrected chi connectivity index (χ3v) is 4.42. The molecule has 0 spiro atoms. The summed E-state index contributed by atoms with van der Waals surface area (Å²) in [6.45, 7) is 5.52. The van der Waals surface area contributed by atoms with Crippen LogP contribution in [0.5, 0.6) is 0 Å². The molecule has 0 radical (unpaired) electrons. The van der Waals surface area contributed by atoms with Gasteiger partial charge >= 0.3 is 0 Å². The van der Waals surface area contributed by atoms with Gasteiger partial charge in [0.25, 0.3) is 0 Å². The van der Waals surface area contributed by atoms with Crippen molar-refractivity contribution in [2.24, 2.45) is 5.92 Å². The quantitative estimate of drug-likeness (QED) is 0.804. The molecule has 0 aliphatic rings. The van der Waals surface area contributed by atoms with Crippen LogP contribution in [-0.2, 0) is 16.4 Å². The number of hydrogen-bond donors (Lipinski definition) is 2. The van der Waals surface area contributed by atoms with E-state index in [1.165, 1.54) is 12.1 Å². The fraction of sp³-hybridized carbons (Fsp3) is 0.533. The normalized spacial score (nSPS) is 14.7. The molecule has 1 unspecified atom stereocenters. The summed E-state index contributed by atoms with van der Waals surface area (Å²) in [5.74, 6) is 0.273. The van der Waals surface area contributed by atoms with Crippen LogP contribution in [0.2, 0.25) is 0 Å². The van der Waals surface area contributed by atoms with Gasteiger partial charge in [0.1, 0.15) is 0 Å². The molecule has 1 aromatic carbocycles. The number of nitrogens with one attached hydrogen (secondary N) is 1. The molecule has 116 valence electrons. The van der Waals surface area contributed by atoms with Crippen molar-refractivity contribution in [3.8, 4) is 6.07 Å². The first kappa shape index (κ1) is 17.6. The van der Waals surface area contributed by atoms with Crippen LogP contribution in [-0.4, -0.2) is 25.7 Å². The van der Waals surface area contributed by atoms with Gasteiger partial charge in [-0.2, -0.15) is 5.26 Å². The molecule has 1 aromatic rings. The van der Waals surface area contributed by atoms with Crippen molar-refractivity contribution in [3.05, 3.63) is 29.8 Å². The number of nitrogens with zero attached hydrogens (tertiary/aromatic N) is 1. The number of nitriles is 1. The largest absolute Gasteiger partial charge is 0.389 e. The van der Waals surface area contributed by atoms with E-state index in [0.717, 1.165) is 5.56 Å². The van der Waals surface area contributed by atoms with Gasteiger partial charge in [0, 0.05) is 6.54 Å². The van der Waals surface area contributed by atoms with E-state index in [0.29, 0.717) is 6.42 Å². The Morgan fingerprint density at radius 3 is 2.38 bits per heavy atom. The van der Waals surface area contributed by atoms with E-state index < -0.39 is 15.6 Å². The molecule has 0 saturated carbocycles. The predicted octanol–water partition coefficient (Wildman–Crippen LogP) is 1.83. The van der Waals surface area contributed by atoms with Crippen molar-refractivity contribution in [1.29, 1.82) is 5.26 Å². The van der Waals surface area contributed by atoms with E-state index in [4.69, 9.17) is 5.26 Å². The standard InChI is InChI=1S/C15H22N2O3S/c1-12(2)10-15(3,18)11-17-21(19,20)14-6-4-13(5-7-14)8-9-16/h4-7,12,17-18H,8,10-11H2,1-3H3. The summed E-state index contributed by atoms with van der Waals surface area (Å²) in [7, 11) is -3.65. The second-order valence-electron chi connectivity index (χ2n) is 5.90. The Morgan fingerprint density at radius 2 is 1.90 bits per heavy atom. The smallest absolute Gasteiger partial charge is 0.240 e. The minimum atomic E-state index is -3.65. The molecule has 0 aromatic heterocycles. The highest BCUT2D eigenvalue weighted by molar-refractivity contribution is 7.89. The van der Waals surface area contributed by atoms with Gasteiger partial charge in [-0.15, -0.1) is 0 Å². The van der Waals surface area contributed by atoms with Crippen LogP contribution < -0.4 is 4.72 Å². The van der Waals surface area contributed by atoms with Crippen LogP contribution in [0.1, 0.15) is 32.8 Å². The van der Waals surface area contributed by atoms with Crippen LogP contribution in [0.4, 0.5) is 0 Å². The maximum atomic E-state index is 12.1. The highest BCUT2D eigenvalue weighted by Crippen LogP contribution is 2.17. The van der Waals surface area contributed by atoms with Gasteiger partial charge in [-0.1, -0.05) is 26.0 Å². The number of sulfonamides is 1. The predicted molar refractivity (Wildman–Crippen MR) is 81.0 cm³/mol. The lowest BCUT2D eigenvalue weighted by molar-refractivity contribution is 0.0437. The molecule has 0 aliphatic heterocycles. The molecule has 5 nitrogen and oxygen atoms in total. The Kier molecular flexibility index (Phi) is 5.90. The van der Waals surface area contributed by atoms with Crippen molar-refractivity contribution in [1.82, 2.24) is 4.72 Å². The third-order valence-electron chi connectivity index (χ3n) is 3.01. The number of hydrogen-bond acceptors (Lipinski definition) is 4. The van der Waals surface area contributed by atoms with Crippen LogP contribution in [0.3, 0.4) is 0 Å². The first-order valence-corrected chi connectivity index (χ1v) is 8.32. The van der Waals surface area contributed by atoms with Crippen molar-refractivity contribution in [2.45, 2.75) is 44.1 Å². The minimum Gasteiger partial charge on any atom is -0.389 e. The average Bonchev–Trinajstić information content (AvgIpc) is 2.36. The maximum Gasteiger partial charge on any atom is 0.240 e. The van der Waals surface area contributed by atoms with Crippen molar-refractivity contribution in [2.75, 3.05) is 6.54 Å². The first-order valence-electron chi connectivity index (χ1n) is 6.84. The van der Waals surface area contributed by atoms with Crippen LogP contribution in [0.25, 0.3) is 0 Å². The lowest BCUT2D eigenvalue weighted by atomic mass is 9.95. The maximum absolute atomic E-state index is 12.1. The summed E-state index contributed by atoms with van der Waals surface area (Å²) in [6.07, 6.45) is 0.757. The molecule has 21 heavy (non-hydrogen) atoms. The van der Waals surface area contributed by atoms with Gasteiger partial charge < -0.3 is 5.11 Å². The number of aliphatic hydroxyl groups is 1.